The Balaban J connectivity index is 1.74. The molecule has 0 aliphatic heterocycles. The molecule has 1 aromatic carbocycles. The number of amides is 1. The second-order valence-corrected chi connectivity index (χ2v) is 6.33. The van der Waals surface area contributed by atoms with Crippen LogP contribution in [-0.4, -0.2) is 25.5 Å². The molecule has 0 unspecified atom stereocenters. The van der Waals surface area contributed by atoms with Gasteiger partial charge in [0.25, 0.3) is 5.91 Å². The zero-order valence-corrected chi connectivity index (χ0v) is 14.5. The number of carbonyl (C=O) groups excluding carboxylic acids is 1. The number of carbonyl (C=O) groups is 1. The molecule has 2 heterocycles. The summed E-state index contributed by atoms with van der Waals surface area (Å²) in [6.45, 7) is 0.611. The number of nitrogens with zero attached hydrogens (tertiary/aromatic N) is 4. The summed E-state index contributed by atoms with van der Waals surface area (Å²) in [7, 11) is 1.71. The van der Waals surface area contributed by atoms with E-state index in [1.54, 1.807) is 24.1 Å². The first-order valence-corrected chi connectivity index (χ1v) is 7.96. The molecule has 8 heteroatoms. The molecular formula is C15H13BrClN5O. The van der Waals surface area contributed by atoms with E-state index in [1.807, 2.05) is 30.5 Å². The van der Waals surface area contributed by atoms with Crippen LogP contribution in [0.1, 0.15) is 16.1 Å². The van der Waals surface area contributed by atoms with Gasteiger partial charge in [0.15, 0.2) is 5.69 Å². The van der Waals surface area contributed by atoms with E-state index in [-0.39, 0.29) is 11.6 Å². The fourth-order valence-corrected chi connectivity index (χ4v) is 2.76. The van der Waals surface area contributed by atoms with Crippen LogP contribution >= 0.6 is 27.5 Å². The van der Waals surface area contributed by atoms with Crippen molar-refractivity contribution in [1.82, 2.24) is 19.6 Å². The van der Waals surface area contributed by atoms with Gasteiger partial charge in [0.2, 0.25) is 0 Å². The van der Waals surface area contributed by atoms with Gasteiger partial charge < -0.3 is 5.32 Å². The molecule has 0 saturated heterocycles. The van der Waals surface area contributed by atoms with Crippen molar-refractivity contribution in [1.29, 1.82) is 0 Å². The molecular weight excluding hydrogens is 382 g/mol. The molecule has 23 heavy (non-hydrogen) atoms. The molecule has 0 aliphatic carbocycles. The molecule has 2 aromatic heterocycles. The lowest BCUT2D eigenvalue weighted by atomic mass is 10.2. The van der Waals surface area contributed by atoms with Gasteiger partial charge in [-0.15, -0.1) is 0 Å². The molecule has 0 atom stereocenters. The maximum atomic E-state index is 12.2. The number of halogens is 2. The zero-order chi connectivity index (χ0) is 16.4. The normalized spacial score (nSPS) is 10.7. The molecule has 0 fully saturated rings. The average molecular weight is 395 g/mol. The lowest BCUT2D eigenvalue weighted by molar-refractivity contribution is 0.102. The Morgan fingerprint density at radius 3 is 2.87 bits per heavy atom. The third-order valence-corrected chi connectivity index (χ3v) is 3.82. The Morgan fingerprint density at radius 1 is 1.39 bits per heavy atom. The average Bonchev–Trinajstić information content (AvgIpc) is 3.04. The Hall–Kier alpha value is -2.12. The van der Waals surface area contributed by atoms with Crippen molar-refractivity contribution in [2.45, 2.75) is 6.54 Å². The molecule has 6 nitrogen and oxygen atoms in total. The number of aryl methyl sites for hydroxylation is 1. The van der Waals surface area contributed by atoms with Crippen molar-refractivity contribution in [2.75, 3.05) is 5.32 Å². The fourth-order valence-electron chi connectivity index (χ4n) is 2.16. The van der Waals surface area contributed by atoms with Crippen molar-refractivity contribution < 1.29 is 4.79 Å². The quantitative estimate of drug-likeness (QED) is 0.738. The lowest BCUT2D eigenvalue weighted by Gasteiger charge is -2.07. The van der Waals surface area contributed by atoms with Crippen LogP contribution in [0.2, 0.25) is 5.02 Å². The SMILES string of the molecule is Cn1cc(Cl)c(C(=O)Nc2cccc(Cn3cc(Br)cn3)c2)n1. The van der Waals surface area contributed by atoms with Crippen molar-refractivity contribution in [3.05, 3.63) is 63.6 Å². The van der Waals surface area contributed by atoms with Gasteiger partial charge in [0.1, 0.15) is 0 Å². The molecule has 1 N–H and O–H groups in total. The molecule has 3 aromatic rings. The Morgan fingerprint density at radius 2 is 2.22 bits per heavy atom. The number of hydrogen-bond acceptors (Lipinski definition) is 3. The van der Waals surface area contributed by atoms with E-state index in [0.717, 1.165) is 10.0 Å². The van der Waals surface area contributed by atoms with E-state index in [0.29, 0.717) is 17.3 Å². The Bertz CT molecular complexity index is 857. The van der Waals surface area contributed by atoms with E-state index >= 15 is 0 Å². The maximum absolute atomic E-state index is 12.2. The Labute approximate surface area is 146 Å². The minimum absolute atomic E-state index is 0.204. The minimum atomic E-state index is -0.338. The highest BCUT2D eigenvalue weighted by molar-refractivity contribution is 9.10. The van der Waals surface area contributed by atoms with Gasteiger partial charge in [-0.3, -0.25) is 14.2 Å². The van der Waals surface area contributed by atoms with Crippen molar-refractivity contribution in [2.24, 2.45) is 7.05 Å². The first-order chi connectivity index (χ1) is 11.0. The van der Waals surface area contributed by atoms with Crippen molar-refractivity contribution in [3.8, 4) is 0 Å². The van der Waals surface area contributed by atoms with Crippen LogP contribution in [0.25, 0.3) is 0 Å². The second kappa shape index (κ2) is 6.55. The van der Waals surface area contributed by atoms with E-state index in [2.05, 4.69) is 31.4 Å². The molecule has 0 saturated carbocycles. The highest BCUT2D eigenvalue weighted by atomic mass is 79.9. The molecule has 3 rings (SSSR count). The third kappa shape index (κ3) is 3.80. The van der Waals surface area contributed by atoms with E-state index in [1.165, 1.54) is 4.68 Å². The topological polar surface area (TPSA) is 64.7 Å². The fraction of sp³-hybridized carbons (Fsp3) is 0.133. The van der Waals surface area contributed by atoms with Crippen molar-refractivity contribution >= 4 is 39.1 Å². The van der Waals surface area contributed by atoms with Gasteiger partial charge in [0.05, 0.1) is 22.2 Å². The summed E-state index contributed by atoms with van der Waals surface area (Å²) in [5.41, 5.74) is 1.90. The lowest BCUT2D eigenvalue weighted by Crippen LogP contribution is -2.13. The van der Waals surface area contributed by atoms with E-state index in [9.17, 15) is 4.79 Å². The number of nitrogens with one attached hydrogen (secondary N) is 1. The highest BCUT2D eigenvalue weighted by Crippen LogP contribution is 2.17. The van der Waals surface area contributed by atoms with Crippen molar-refractivity contribution in [3.63, 3.8) is 0 Å². The summed E-state index contributed by atoms with van der Waals surface area (Å²) in [5.74, 6) is -0.338. The summed E-state index contributed by atoms with van der Waals surface area (Å²) in [6.07, 6.45) is 5.20. The van der Waals surface area contributed by atoms with Crippen LogP contribution in [0, 0.1) is 0 Å². The summed E-state index contributed by atoms with van der Waals surface area (Å²) < 4.78 is 4.23. The van der Waals surface area contributed by atoms with Gasteiger partial charge in [-0.2, -0.15) is 10.2 Å². The number of anilines is 1. The van der Waals surface area contributed by atoms with Crippen LogP contribution in [0.4, 0.5) is 5.69 Å². The third-order valence-electron chi connectivity index (χ3n) is 3.13. The van der Waals surface area contributed by atoms with Crippen LogP contribution in [0.5, 0.6) is 0 Å². The largest absolute Gasteiger partial charge is 0.321 e. The predicted molar refractivity (Wildman–Crippen MR) is 91.6 cm³/mol. The van der Waals surface area contributed by atoms with Gasteiger partial charge in [-0.05, 0) is 33.6 Å². The number of benzene rings is 1. The molecule has 0 aliphatic rings. The number of rotatable bonds is 4. The summed E-state index contributed by atoms with van der Waals surface area (Å²) in [4.78, 5) is 12.2. The van der Waals surface area contributed by atoms with E-state index in [4.69, 9.17) is 11.6 Å². The highest BCUT2D eigenvalue weighted by Gasteiger charge is 2.15. The molecule has 0 radical (unpaired) electrons. The molecule has 1 amide bonds. The summed E-state index contributed by atoms with van der Waals surface area (Å²) >= 11 is 9.35. The first-order valence-electron chi connectivity index (χ1n) is 6.78. The monoisotopic (exact) mass is 393 g/mol. The Kier molecular flexibility index (Phi) is 4.49. The standard InChI is InChI=1S/C15H13BrClN5O/c1-21-9-13(17)14(20-21)15(23)19-12-4-2-3-10(5-12)7-22-8-11(16)6-18-22/h2-6,8-9H,7H2,1H3,(H,19,23). The van der Waals surface area contributed by atoms with Crippen LogP contribution in [0.3, 0.4) is 0 Å². The molecule has 118 valence electrons. The maximum Gasteiger partial charge on any atom is 0.277 e. The second-order valence-electron chi connectivity index (χ2n) is 5.01. The summed E-state index contributed by atoms with van der Waals surface area (Å²) in [6, 6.07) is 7.56. The molecule has 0 bridgehead atoms. The smallest absolute Gasteiger partial charge is 0.277 e. The van der Waals surface area contributed by atoms with Crippen LogP contribution in [-0.2, 0) is 13.6 Å². The van der Waals surface area contributed by atoms with Gasteiger partial charge >= 0.3 is 0 Å². The predicted octanol–water partition coefficient (Wildman–Crippen LogP) is 3.33. The minimum Gasteiger partial charge on any atom is -0.321 e. The zero-order valence-electron chi connectivity index (χ0n) is 12.2. The van der Waals surface area contributed by atoms with E-state index < -0.39 is 0 Å². The van der Waals surface area contributed by atoms with Gasteiger partial charge in [-0.25, -0.2) is 0 Å². The van der Waals surface area contributed by atoms with Gasteiger partial charge in [-0.1, -0.05) is 23.7 Å². The molecule has 0 spiro atoms. The summed E-state index contributed by atoms with van der Waals surface area (Å²) in [5, 5.41) is 11.4. The van der Waals surface area contributed by atoms with Crippen LogP contribution in [0.15, 0.2) is 47.3 Å². The number of hydrogen-bond donors (Lipinski definition) is 1. The first kappa shape index (κ1) is 15.8. The number of aromatic nitrogens is 4. The van der Waals surface area contributed by atoms with Crippen LogP contribution < -0.4 is 5.32 Å². The van der Waals surface area contributed by atoms with Gasteiger partial charge in [0, 0.05) is 25.1 Å².